The van der Waals surface area contributed by atoms with Gasteiger partial charge in [0.2, 0.25) is 5.88 Å². The number of benzene rings is 2. The van der Waals surface area contributed by atoms with Crippen molar-refractivity contribution in [2.45, 2.75) is 6.92 Å². The van der Waals surface area contributed by atoms with Gasteiger partial charge in [0.25, 0.3) is 0 Å². The van der Waals surface area contributed by atoms with E-state index in [1.54, 1.807) is 10.8 Å². The number of rotatable bonds is 2. The van der Waals surface area contributed by atoms with Crippen molar-refractivity contribution in [3.8, 4) is 5.88 Å². The van der Waals surface area contributed by atoms with Gasteiger partial charge in [-0.25, -0.2) is 0 Å². The molecule has 0 aliphatic heterocycles. The Morgan fingerprint density at radius 2 is 1.95 bits per heavy atom. The zero-order valence-corrected chi connectivity index (χ0v) is 13.4. The number of aromatic nitrogens is 1. The SMILES string of the molecule is Cc1cc(N=Cc2c(O)n(C)c3ccccc23)ccc1Br. The van der Waals surface area contributed by atoms with E-state index in [1.807, 2.05) is 56.4 Å². The second kappa shape index (κ2) is 5.37. The van der Waals surface area contributed by atoms with Crippen molar-refractivity contribution in [1.82, 2.24) is 4.57 Å². The summed E-state index contributed by atoms with van der Waals surface area (Å²) in [7, 11) is 1.85. The molecule has 0 atom stereocenters. The number of hydrogen-bond donors (Lipinski definition) is 1. The van der Waals surface area contributed by atoms with Crippen LogP contribution in [0.1, 0.15) is 11.1 Å². The van der Waals surface area contributed by atoms with Crippen molar-refractivity contribution in [2.24, 2.45) is 12.0 Å². The van der Waals surface area contributed by atoms with Gasteiger partial charge in [-0.3, -0.25) is 4.99 Å². The van der Waals surface area contributed by atoms with Gasteiger partial charge < -0.3 is 9.67 Å². The Hall–Kier alpha value is -2.07. The first-order chi connectivity index (χ1) is 10.1. The van der Waals surface area contributed by atoms with E-state index in [1.165, 1.54) is 0 Å². The van der Waals surface area contributed by atoms with Crippen molar-refractivity contribution in [3.05, 3.63) is 58.1 Å². The van der Waals surface area contributed by atoms with Crippen LogP contribution in [-0.4, -0.2) is 15.9 Å². The molecule has 0 unspecified atom stereocenters. The highest BCUT2D eigenvalue weighted by Gasteiger charge is 2.11. The quantitative estimate of drug-likeness (QED) is 0.673. The molecule has 21 heavy (non-hydrogen) atoms. The van der Waals surface area contributed by atoms with Crippen molar-refractivity contribution < 1.29 is 5.11 Å². The first-order valence-corrected chi connectivity index (χ1v) is 7.44. The molecule has 1 N–H and O–H groups in total. The number of aryl methyl sites for hydroxylation is 2. The van der Waals surface area contributed by atoms with Crippen LogP contribution in [0.25, 0.3) is 10.9 Å². The van der Waals surface area contributed by atoms with Gasteiger partial charge in [0.1, 0.15) is 0 Å². The number of nitrogens with zero attached hydrogens (tertiary/aromatic N) is 2. The van der Waals surface area contributed by atoms with E-state index in [-0.39, 0.29) is 5.88 Å². The Kier molecular flexibility index (Phi) is 3.55. The molecule has 0 fully saturated rings. The second-order valence-electron chi connectivity index (χ2n) is 5.01. The maximum Gasteiger partial charge on any atom is 0.200 e. The van der Waals surface area contributed by atoms with Gasteiger partial charge in [0.05, 0.1) is 16.8 Å². The Balaban J connectivity index is 2.07. The van der Waals surface area contributed by atoms with Crippen molar-refractivity contribution in [3.63, 3.8) is 0 Å². The van der Waals surface area contributed by atoms with E-state index < -0.39 is 0 Å². The lowest BCUT2D eigenvalue weighted by Crippen LogP contribution is -1.86. The summed E-state index contributed by atoms with van der Waals surface area (Å²) in [4.78, 5) is 4.48. The summed E-state index contributed by atoms with van der Waals surface area (Å²) in [6.45, 7) is 2.03. The van der Waals surface area contributed by atoms with E-state index in [0.717, 1.165) is 32.2 Å². The Morgan fingerprint density at radius 3 is 2.71 bits per heavy atom. The minimum Gasteiger partial charge on any atom is -0.494 e. The number of para-hydroxylation sites is 1. The van der Waals surface area contributed by atoms with Crippen LogP contribution in [0.15, 0.2) is 51.9 Å². The molecule has 0 aliphatic rings. The van der Waals surface area contributed by atoms with Crippen molar-refractivity contribution in [1.29, 1.82) is 0 Å². The molecule has 0 bridgehead atoms. The third-order valence-corrected chi connectivity index (χ3v) is 4.49. The molecule has 3 rings (SSSR count). The first kappa shape index (κ1) is 13.9. The van der Waals surface area contributed by atoms with Gasteiger partial charge in [-0.1, -0.05) is 34.1 Å². The average Bonchev–Trinajstić information content (AvgIpc) is 2.73. The lowest BCUT2D eigenvalue weighted by Gasteiger charge is -1.99. The van der Waals surface area contributed by atoms with Gasteiger partial charge in [-0.15, -0.1) is 0 Å². The largest absolute Gasteiger partial charge is 0.494 e. The minimum atomic E-state index is 0.230. The van der Waals surface area contributed by atoms with Crippen LogP contribution in [-0.2, 0) is 7.05 Å². The molecule has 1 heterocycles. The fourth-order valence-electron chi connectivity index (χ4n) is 2.38. The van der Waals surface area contributed by atoms with Crippen LogP contribution in [0, 0.1) is 6.92 Å². The molecule has 1 aromatic heterocycles. The third-order valence-electron chi connectivity index (χ3n) is 3.60. The third kappa shape index (κ3) is 2.47. The van der Waals surface area contributed by atoms with Crippen LogP contribution < -0.4 is 0 Å². The molecule has 0 radical (unpaired) electrons. The van der Waals surface area contributed by atoms with Crippen molar-refractivity contribution in [2.75, 3.05) is 0 Å². The van der Waals surface area contributed by atoms with Crippen LogP contribution in [0.5, 0.6) is 5.88 Å². The smallest absolute Gasteiger partial charge is 0.200 e. The van der Waals surface area contributed by atoms with E-state index in [4.69, 9.17) is 0 Å². The summed E-state index contributed by atoms with van der Waals surface area (Å²) in [5.74, 6) is 0.230. The fraction of sp³-hybridized carbons (Fsp3) is 0.118. The highest BCUT2D eigenvalue weighted by Crippen LogP contribution is 2.29. The highest BCUT2D eigenvalue weighted by atomic mass is 79.9. The lowest BCUT2D eigenvalue weighted by molar-refractivity contribution is 0.434. The zero-order chi connectivity index (χ0) is 15.0. The van der Waals surface area contributed by atoms with Gasteiger partial charge in [-0.2, -0.15) is 0 Å². The summed E-state index contributed by atoms with van der Waals surface area (Å²) in [6.07, 6.45) is 1.72. The molecule has 4 heteroatoms. The normalized spacial score (nSPS) is 11.6. The minimum absolute atomic E-state index is 0.230. The van der Waals surface area contributed by atoms with E-state index >= 15 is 0 Å². The number of aliphatic imine (C=N–C) groups is 1. The maximum atomic E-state index is 10.3. The first-order valence-electron chi connectivity index (χ1n) is 6.64. The standard InChI is InChI=1S/C17H15BrN2O/c1-11-9-12(7-8-15(11)18)19-10-14-13-5-3-4-6-16(13)20(2)17(14)21/h3-10,21H,1-2H3. The lowest BCUT2D eigenvalue weighted by atomic mass is 10.2. The van der Waals surface area contributed by atoms with E-state index in [0.29, 0.717) is 0 Å². The maximum absolute atomic E-state index is 10.3. The van der Waals surface area contributed by atoms with Crippen LogP contribution in [0.3, 0.4) is 0 Å². The topological polar surface area (TPSA) is 37.5 Å². The number of fused-ring (bicyclic) bond motifs is 1. The molecule has 3 aromatic rings. The summed E-state index contributed by atoms with van der Waals surface area (Å²) >= 11 is 3.48. The predicted octanol–water partition coefficient (Wildman–Crippen LogP) is 4.71. The van der Waals surface area contributed by atoms with Gasteiger partial charge in [0.15, 0.2) is 0 Å². The molecule has 2 aromatic carbocycles. The van der Waals surface area contributed by atoms with Crippen LogP contribution in [0.2, 0.25) is 0 Å². The Morgan fingerprint density at radius 1 is 1.19 bits per heavy atom. The zero-order valence-electron chi connectivity index (χ0n) is 11.8. The Labute approximate surface area is 131 Å². The molecule has 0 saturated carbocycles. The molecule has 0 amide bonds. The van der Waals surface area contributed by atoms with E-state index in [2.05, 4.69) is 20.9 Å². The van der Waals surface area contributed by atoms with Crippen molar-refractivity contribution >= 4 is 38.7 Å². The summed E-state index contributed by atoms with van der Waals surface area (Å²) < 4.78 is 2.83. The predicted molar refractivity (Wildman–Crippen MR) is 90.7 cm³/mol. The number of aromatic hydroxyl groups is 1. The molecule has 0 spiro atoms. The second-order valence-corrected chi connectivity index (χ2v) is 5.86. The number of hydrogen-bond acceptors (Lipinski definition) is 2. The summed E-state index contributed by atoms with van der Waals surface area (Å²) in [5, 5.41) is 11.3. The molecule has 106 valence electrons. The molecule has 0 saturated heterocycles. The van der Waals surface area contributed by atoms with E-state index in [9.17, 15) is 5.11 Å². The van der Waals surface area contributed by atoms with Gasteiger partial charge in [-0.05, 0) is 36.8 Å². The fourth-order valence-corrected chi connectivity index (χ4v) is 2.63. The monoisotopic (exact) mass is 342 g/mol. The molecule has 0 aliphatic carbocycles. The molecular formula is C17H15BrN2O. The van der Waals surface area contributed by atoms with Gasteiger partial charge >= 0.3 is 0 Å². The summed E-state index contributed by atoms with van der Waals surface area (Å²) in [5.41, 5.74) is 3.73. The Bertz CT molecular complexity index is 849. The van der Waals surface area contributed by atoms with Crippen LogP contribution in [0.4, 0.5) is 5.69 Å². The number of halogens is 1. The van der Waals surface area contributed by atoms with Crippen LogP contribution >= 0.6 is 15.9 Å². The van der Waals surface area contributed by atoms with Gasteiger partial charge in [0, 0.05) is 23.1 Å². The molecular weight excluding hydrogens is 328 g/mol. The highest BCUT2D eigenvalue weighted by molar-refractivity contribution is 9.10. The summed E-state index contributed by atoms with van der Waals surface area (Å²) in [6, 6.07) is 13.8. The average molecular weight is 343 g/mol. The molecule has 3 nitrogen and oxygen atoms in total.